The van der Waals surface area contributed by atoms with Gasteiger partial charge in [-0.3, -0.25) is 18.9 Å². The van der Waals surface area contributed by atoms with Crippen LogP contribution in [0.15, 0.2) is 34.1 Å². The first kappa shape index (κ1) is 21.0. The molecule has 2 aromatic heterocycles. The molecule has 0 bridgehead atoms. The lowest BCUT2D eigenvalue weighted by Gasteiger charge is -2.34. The molecule has 2 aliphatic heterocycles. The van der Waals surface area contributed by atoms with Crippen molar-refractivity contribution in [2.24, 2.45) is 0 Å². The minimum atomic E-state index is -0.205. The Labute approximate surface area is 184 Å². The van der Waals surface area contributed by atoms with Gasteiger partial charge in [0.25, 0.3) is 11.5 Å². The Bertz CT molecular complexity index is 1080. The van der Waals surface area contributed by atoms with Crippen LogP contribution in [0.25, 0.3) is 11.7 Å². The summed E-state index contributed by atoms with van der Waals surface area (Å²) >= 11 is 6.57. The van der Waals surface area contributed by atoms with E-state index in [1.807, 2.05) is 12.1 Å². The molecule has 2 aromatic rings. The Morgan fingerprint density at radius 2 is 2.00 bits per heavy atom. The Hall–Kier alpha value is -2.27. The van der Waals surface area contributed by atoms with Crippen LogP contribution in [-0.2, 0) is 9.53 Å². The summed E-state index contributed by atoms with van der Waals surface area (Å²) in [7, 11) is 3.66. The molecule has 0 aliphatic carbocycles. The van der Waals surface area contributed by atoms with E-state index in [0.29, 0.717) is 39.4 Å². The number of rotatable bonds is 5. The Balaban J connectivity index is 1.79. The van der Waals surface area contributed by atoms with E-state index in [-0.39, 0.29) is 11.5 Å². The maximum atomic E-state index is 13.3. The second-order valence-electron chi connectivity index (χ2n) is 7.20. The van der Waals surface area contributed by atoms with Gasteiger partial charge in [-0.2, -0.15) is 0 Å². The second kappa shape index (κ2) is 8.84. The van der Waals surface area contributed by atoms with Crippen molar-refractivity contribution in [3.63, 3.8) is 0 Å². The highest BCUT2D eigenvalue weighted by atomic mass is 32.2. The van der Waals surface area contributed by atoms with Crippen LogP contribution in [0.1, 0.15) is 5.56 Å². The highest BCUT2D eigenvalue weighted by molar-refractivity contribution is 8.26. The molecule has 0 radical (unpaired) electrons. The molecule has 4 rings (SSSR count). The average molecular weight is 446 g/mol. The number of carbonyl (C=O) groups is 1. The van der Waals surface area contributed by atoms with Crippen LogP contribution in [-0.4, -0.2) is 82.9 Å². The minimum Gasteiger partial charge on any atom is -0.383 e. The number of piperazine rings is 1. The molecule has 2 aliphatic rings. The van der Waals surface area contributed by atoms with Gasteiger partial charge in [0.1, 0.15) is 15.8 Å². The zero-order chi connectivity index (χ0) is 21.3. The molecule has 0 atom stereocenters. The predicted octanol–water partition coefficient (Wildman–Crippen LogP) is 1.29. The third-order valence-corrected chi connectivity index (χ3v) is 6.60. The normalized spacial score (nSPS) is 19.5. The van der Waals surface area contributed by atoms with Crippen molar-refractivity contribution in [3.05, 3.63) is 45.2 Å². The summed E-state index contributed by atoms with van der Waals surface area (Å²) in [5, 5.41) is 0. The highest BCUT2D eigenvalue weighted by Crippen LogP contribution is 2.33. The van der Waals surface area contributed by atoms with E-state index in [4.69, 9.17) is 21.9 Å². The quantitative estimate of drug-likeness (QED) is 0.504. The Morgan fingerprint density at radius 3 is 2.73 bits per heavy atom. The van der Waals surface area contributed by atoms with E-state index in [1.54, 1.807) is 25.4 Å². The van der Waals surface area contributed by atoms with E-state index in [1.165, 1.54) is 21.1 Å². The third kappa shape index (κ3) is 4.00. The molecule has 0 spiro atoms. The number of likely N-dealkylation sites (N-methyl/N-ethyl adjacent to an activating group) is 1. The van der Waals surface area contributed by atoms with Crippen LogP contribution in [0.2, 0.25) is 0 Å². The first-order valence-corrected chi connectivity index (χ1v) is 10.9. The van der Waals surface area contributed by atoms with Gasteiger partial charge in [-0.1, -0.05) is 30.0 Å². The fraction of sp³-hybridized carbons (Fsp3) is 0.400. The van der Waals surface area contributed by atoms with Crippen LogP contribution in [0.3, 0.4) is 0 Å². The molecule has 8 nitrogen and oxygen atoms in total. The minimum absolute atomic E-state index is 0.198. The summed E-state index contributed by atoms with van der Waals surface area (Å²) in [5.74, 6) is 0.408. The van der Waals surface area contributed by atoms with E-state index in [9.17, 15) is 9.59 Å². The van der Waals surface area contributed by atoms with Gasteiger partial charge in [0.05, 0.1) is 23.6 Å². The number of thioether (sulfide) groups is 1. The van der Waals surface area contributed by atoms with Gasteiger partial charge < -0.3 is 14.5 Å². The molecule has 0 unspecified atom stereocenters. The second-order valence-corrected chi connectivity index (χ2v) is 8.88. The number of aromatic nitrogens is 2. The average Bonchev–Trinajstić information content (AvgIpc) is 3.01. The zero-order valence-electron chi connectivity index (χ0n) is 16.9. The van der Waals surface area contributed by atoms with Gasteiger partial charge in [0.2, 0.25) is 0 Å². The number of hydrogen-bond donors (Lipinski definition) is 0. The molecule has 0 aromatic carbocycles. The van der Waals surface area contributed by atoms with E-state index in [0.717, 1.165) is 26.2 Å². The highest BCUT2D eigenvalue weighted by Gasteiger charge is 2.32. The van der Waals surface area contributed by atoms with Gasteiger partial charge in [0.15, 0.2) is 0 Å². The van der Waals surface area contributed by atoms with Crippen LogP contribution in [0.5, 0.6) is 0 Å². The van der Waals surface area contributed by atoms with Crippen LogP contribution >= 0.6 is 24.0 Å². The largest absolute Gasteiger partial charge is 0.383 e. The fourth-order valence-electron chi connectivity index (χ4n) is 3.48. The van der Waals surface area contributed by atoms with E-state index in [2.05, 4.69) is 16.8 Å². The lowest BCUT2D eigenvalue weighted by molar-refractivity contribution is -0.122. The maximum absolute atomic E-state index is 13.3. The monoisotopic (exact) mass is 445 g/mol. The van der Waals surface area contributed by atoms with Crippen LogP contribution < -0.4 is 10.5 Å². The Morgan fingerprint density at radius 1 is 1.23 bits per heavy atom. The standard InChI is InChI=1S/C20H23N5O3S2/c1-22-7-9-23(10-8-22)17-14(18(26)24-6-4-3-5-16(24)21-17)13-15-19(27)25(11-12-28-2)20(29)30-15/h3-6,13H,7-12H2,1-2H3/b15-13-. The number of amides is 1. The molecule has 10 heteroatoms. The van der Waals surface area contributed by atoms with Crippen molar-refractivity contribution < 1.29 is 9.53 Å². The van der Waals surface area contributed by atoms with Gasteiger partial charge in [-0.25, -0.2) is 4.98 Å². The molecule has 1 amide bonds. The van der Waals surface area contributed by atoms with Crippen molar-refractivity contribution in [2.45, 2.75) is 0 Å². The number of fused-ring (bicyclic) bond motifs is 1. The summed E-state index contributed by atoms with van der Waals surface area (Å²) in [6, 6.07) is 5.46. The van der Waals surface area contributed by atoms with Crippen LogP contribution in [0, 0.1) is 0 Å². The van der Waals surface area contributed by atoms with Crippen molar-refractivity contribution in [3.8, 4) is 0 Å². The summed E-state index contributed by atoms with van der Waals surface area (Å²) in [4.78, 5) is 37.3. The van der Waals surface area contributed by atoms with Crippen molar-refractivity contribution >= 4 is 51.7 Å². The van der Waals surface area contributed by atoms with Gasteiger partial charge in [0, 0.05) is 39.5 Å². The number of ether oxygens (including phenoxy) is 1. The summed E-state index contributed by atoms with van der Waals surface area (Å²) in [5.41, 5.74) is 0.799. The van der Waals surface area contributed by atoms with Gasteiger partial charge in [-0.15, -0.1) is 0 Å². The fourth-order valence-corrected chi connectivity index (χ4v) is 4.77. The number of nitrogens with zero attached hydrogens (tertiary/aromatic N) is 5. The molecule has 0 saturated carbocycles. The number of hydrogen-bond acceptors (Lipinski definition) is 8. The van der Waals surface area contributed by atoms with Gasteiger partial charge in [-0.05, 0) is 25.3 Å². The molecular formula is C20H23N5O3S2. The first-order valence-electron chi connectivity index (χ1n) is 9.69. The number of methoxy groups -OCH3 is 1. The lowest BCUT2D eigenvalue weighted by atomic mass is 10.2. The summed E-state index contributed by atoms with van der Waals surface area (Å²) in [6.07, 6.45) is 3.34. The maximum Gasteiger partial charge on any atom is 0.267 e. The first-order chi connectivity index (χ1) is 14.5. The molecule has 30 heavy (non-hydrogen) atoms. The van der Waals surface area contributed by atoms with Crippen molar-refractivity contribution in [2.75, 3.05) is 58.4 Å². The Kier molecular flexibility index (Phi) is 6.19. The van der Waals surface area contributed by atoms with Gasteiger partial charge >= 0.3 is 0 Å². The number of pyridine rings is 1. The van der Waals surface area contributed by atoms with Crippen LogP contribution in [0.4, 0.5) is 5.82 Å². The number of anilines is 1. The topological polar surface area (TPSA) is 70.4 Å². The molecule has 2 fully saturated rings. The van der Waals surface area contributed by atoms with Crippen molar-refractivity contribution in [1.29, 1.82) is 0 Å². The molecule has 2 saturated heterocycles. The van der Waals surface area contributed by atoms with Crippen molar-refractivity contribution in [1.82, 2.24) is 19.2 Å². The zero-order valence-corrected chi connectivity index (χ0v) is 18.5. The molecule has 4 heterocycles. The SMILES string of the molecule is COCCN1C(=O)/C(=C/c2c(N3CCN(C)CC3)nc3ccccn3c2=O)SC1=S. The summed E-state index contributed by atoms with van der Waals surface area (Å²) < 4.78 is 7.05. The van der Waals surface area contributed by atoms with E-state index < -0.39 is 0 Å². The number of carbonyl (C=O) groups excluding carboxylic acids is 1. The lowest BCUT2D eigenvalue weighted by Crippen LogP contribution is -2.45. The molecular weight excluding hydrogens is 422 g/mol. The molecule has 0 N–H and O–H groups in total. The van der Waals surface area contributed by atoms with E-state index >= 15 is 0 Å². The summed E-state index contributed by atoms with van der Waals surface area (Å²) in [6.45, 7) is 4.08. The molecule has 158 valence electrons. The third-order valence-electron chi connectivity index (χ3n) is 5.22. The predicted molar refractivity (Wildman–Crippen MR) is 123 cm³/mol. The number of thiocarbonyl (C=S) groups is 1. The smallest absolute Gasteiger partial charge is 0.267 e.